The molecule has 0 radical (unpaired) electrons. The summed E-state index contributed by atoms with van der Waals surface area (Å²) in [5.41, 5.74) is -0.347. The highest BCUT2D eigenvalue weighted by atomic mass is 35.5. The minimum absolute atomic E-state index is 0.00884. The fourth-order valence-electron chi connectivity index (χ4n) is 5.17. The molecule has 2 atom stereocenters. The average Bonchev–Trinajstić information content (AvgIpc) is 3.29. The molecule has 1 fully saturated rings. The van der Waals surface area contributed by atoms with Gasteiger partial charge in [-0.2, -0.15) is 28.1 Å². The second kappa shape index (κ2) is 10.1. The Morgan fingerprint density at radius 1 is 1.26 bits per heavy atom. The lowest BCUT2D eigenvalue weighted by atomic mass is 9.99. The summed E-state index contributed by atoms with van der Waals surface area (Å²) < 4.78 is 49.2. The van der Waals surface area contributed by atoms with Gasteiger partial charge in [-0.15, -0.1) is 0 Å². The Kier molecular flexibility index (Phi) is 6.95. The number of halogens is 4. The van der Waals surface area contributed by atoms with Gasteiger partial charge in [0.15, 0.2) is 11.9 Å². The number of anilines is 1. The Hall–Kier alpha value is -3.38. The number of benzene rings is 1. The van der Waals surface area contributed by atoms with Crippen LogP contribution in [0.4, 0.5) is 18.9 Å². The summed E-state index contributed by atoms with van der Waals surface area (Å²) >= 11 is 6.46. The van der Waals surface area contributed by atoms with Crippen LogP contribution in [-0.4, -0.2) is 43.8 Å². The quantitative estimate of drug-likeness (QED) is 0.491. The first-order chi connectivity index (χ1) is 18.1. The third-order valence-electron chi connectivity index (χ3n) is 7.07. The van der Waals surface area contributed by atoms with Gasteiger partial charge in [0.2, 0.25) is 0 Å². The molecule has 2 unspecified atom stereocenters. The van der Waals surface area contributed by atoms with Gasteiger partial charge in [0.25, 0.3) is 5.56 Å². The fraction of sp³-hybridized carbons (Fsp3) is 0.440. The molecule has 3 aromatic rings. The number of carbonyl (C=O) groups is 1. The van der Waals surface area contributed by atoms with Gasteiger partial charge >= 0.3 is 12.1 Å². The van der Waals surface area contributed by atoms with E-state index >= 15 is 0 Å². The second-order valence-corrected chi connectivity index (χ2v) is 9.75. The van der Waals surface area contributed by atoms with Crippen LogP contribution in [0.3, 0.4) is 0 Å². The summed E-state index contributed by atoms with van der Waals surface area (Å²) in [6.07, 6.45) is -0.870. The molecular formula is C25H25ClF3N5O4. The van der Waals surface area contributed by atoms with Gasteiger partial charge in [0, 0.05) is 37.4 Å². The van der Waals surface area contributed by atoms with Gasteiger partial charge in [0.1, 0.15) is 5.02 Å². The molecule has 2 aliphatic heterocycles. The zero-order chi connectivity index (χ0) is 27.2. The van der Waals surface area contributed by atoms with Crippen LogP contribution in [0.2, 0.25) is 5.02 Å². The van der Waals surface area contributed by atoms with Gasteiger partial charge in [-0.25, -0.2) is 4.79 Å². The van der Waals surface area contributed by atoms with E-state index in [-0.39, 0.29) is 29.2 Å². The highest BCUT2D eigenvalue weighted by Gasteiger charge is 2.37. The van der Waals surface area contributed by atoms with E-state index in [4.69, 9.17) is 16.3 Å². The number of fused-ring (bicyclic) bond motifs is 1. The van der Waals surface area contributed by atoms with Crippen LogP contribution >= 0.6 is 11.6 Å². The molecule has 0 spiro atoms. The molecule has 2 aromatic heterocycles. The number of nitrogens with zero attached hydrogens (tertiary/aromatic N) is 5. The Morgan fingerprint density at radius 2 is 2.03 bits per heavy atom. The van der Waals surface area contributed by atoms with Gasteiger partial charge in [-0.05, 0) is 37.8 Å². The molecule has 13 heteroatoms. The molecule has 4 heterocycles. The molecule has 38 heavy (non-hydrogen) atoms. The first kappa shape index (κ1) is 26.2. The summed E-state index contributed by atoms with van der Waals surface area (Å²) in [7, 11) is 0. The molecule has 9 nitrogen and oxygen atoms in total. The van der Waals surface area contributed by atoms with E-state index in [2.05, 4.69) is 10.2 Å². The zero-order valence-electron chi connectivity index (χ0n) is 20.4. The van der Waals surface area contributed by atoms with Crippen molar-refractivity contribution in [2.45, 2.75) is 57.6 Å². The van der Waals surface area contributed by atoms with E-state index in [1.54, 1.807) is 11.8 Å². The average molecular weight is 552 g/mol. The monoisotopic (exact) mass is 551 g/mol. The molecule has 1 N–H and O–H groups in total. The van der Waals surface area contributed by atoms with E-state index in [1.165, 1.54) is 33.8 Å². The Labute approximate surface area is 220 Å². The second-order valence-electron chi connectivity index (χ2n) is 9.37. The van der Waals surface area contributed by atoms with Crippen molar-refractivity contribution >= 4 is 23.3 Å². The highest BCUT2D eigenvalue weighted by molar-refractivity contribution is 6.33. The maximum absolute atomic E-state index is 13.7. The number of aromatic nitrogens is 4. The lowest BCUT2D eigenvalue weighted by molar-refractivity contribution is -0.138. The maximum Gasteiger partial charge on any atom is 0.416 e. The lowest BCUT2D eigenvalue weighted by Crippen LogP contribution is -2.36. The van der Waals surface area contributed by atoms with Crippen LogP contribution in [-0.2, 0) is 23.9 Å². The van der Waals surface area contributed by atoms with Crippen molar-refractivity contribution in [2.75, 3.05) is 18.1 Å². The molecule has 0 amide bonds. The molecular weight excluding hydrogens is 527 g/mol. The van der Waals surface area contributed by atoms with E-state index in [0.29, 0.717) is 36.5 Å². The molecule has 0 bridgehead atoms. The number of ether oxygens (including phenoxy) is 1. The number of carboxylic acid groups (broad SMARTS) is 1. The lowest BCUT2D eigenvalue weighted by Gasteiger charge is -2.31. The van der Waals surface area contributed by atoms with Crippen molar-refractivity contribution in [3.63, 3.8) is 0 Å². The SMILES string of the molecule is CC(c1ccccc1C(F)(F)F)n1nc(C(=O)O)c2c1CCN(c1cnn(C3CCCCO3)c(=O)c1Cl)C2. The fourth-order valence-corrected chi connectivity index (χ4v) is 5.43. The van der Waals surface area contributed by atoms with Gasteiger partial charge < -0.3 is 14.7 Å². The van der Waals surface area contributed by atoms with Crippen molar-refractivity contribution in [1.29, 1.82) is 0 Å². The first-order valence-electron chi connectivity index (χ1n) is 12.2. The van der Waals surface area contributed by atoms with Crippen molar-refractivity contribution in [3.05, 3.63) is 73.9 Å². The maximum atomic E-state index is 13.7. The highest BCUT2D eigenvalue weighted by Crippen LogP contribution is 2.37. The minimum atomic E-state index is -4.57. The predicted molar refractivity (Wildman–Crippen MR) is 132 cm³/mol. The number of aromatic carboxylic acids is 1. The van der Waals surface area contributed by atoms with Crippen LogP contribution in [0.5, 0.6) is 0 Å². The molecule has 202 valence electrons. The molecule has 0 saturated carbocycles. The summed E-state index contributed by atoms with van der Waals surface area (Å²) in [5.74, 6) is -1.30. The molecule has 5 rings (SSSR count). The zero-order valence-corrected chi connectivity index (χ0v) is 21.2. The first-order valence-corrected chi connectivity index (χ1v) is 12.6. The van der Waals surface area contributed by atoms with Crippen LogP contribution in [0, 0.1) is 0 Å². The third kappa shape index (κ3) is 4.66. The van der Waals surface area contributed by atoms with Gasteiger partial charge in [0.05, 0.1) is 23.5 Å². The molecule has 1 aromatic carbocycles. The molecule has 1 saturated heterocycles. The van der Waals surface area contributed by atoms with E-state index in [9.17, 15) is 27.9 Å². The standard InChI is InChI=1S/C25H25ClF3N5O4/c1-14(15-6-2-3-7-17(15)25(27,28)29)33-18-9-10-32(13-16(18)22(31-33)24(36)37)19-12-30-34(23(35)21(19)26)20-8-4-5-11-38-20/h2-3,6-7,12,14,20H,4-5,8-11,13H2,1H3,(H,36,37). The van der Waals surface area contributed by atoms with Crippen molar-refractivity contribution in [2.24, 2.45) is 0 Å². The summed E-state index contributed by atoms with van der Waals surface area (Å²) in [6.45, 7) is 2.47. The number of hydrogen-bond acceptors (Lipinski definition) is 6. The predicted octanol–water partition coefficient (Wildman–Crippen LogP) is 4.68. The summed E-state index contributed by atoms with van der Waals surface area (Å²) in [5, 5.41) is 18.3. The third-order valence-corrected chi connectivity index (χ3v) is 7.42. The summed E-state index contributed by atoms with van der Waals surface area (Å²) in [4.78, 5) is 26.8. The number of rotatable bonds is 5. The Morgan fingerprint density at radius 3 is 2.71 bits per heavy atom. The number of carboxylic acids is 1. The van der Waals surface area contributed by atoms with Crippen LogP contribution < -0.4 is 10.5 Å². The van der Waals surface area contributed by atoms with Crippen LogP contribution in [0.15, 0.2) is 35.3 Å². The molecule has 2 aliphatic rings. The number of hydrogen-bond donors (Lipinski definition) is 1. The van der Waals surface area contributed by atoms with E-state index in [1.807, 2.05) is 0 Å². The van der Waals surface area contributed by atoms with Crippen LogP contribution in [0.1, 0.15) is 71.3 Å². The van der Waals surface area contributed by atoms with E-state index in [0.717, 1.165) is 18.9 Å². The normalized spacial score (nSPS) is 18.8. The van der Waals surface area contributed by atoms with E-state index < -0.39 is 35.5 Å². The van der Waals surface area contributed by atoms with Crippen LogP contribution in [0.25, 0.3) is 0 Å². The number of alkyl halides is 3. The van der Waals surface area contributed by atoms with Crippen molar-refractivity contribution in [3.8, 4) is 0 Å². The van der Waals surface area contributed by atoms with Crippen molar-refractivity contribution < 1.29 is 27.8 Å². The Balaban J connectivity index is 1.49. The largest absolute Gasteiger partial charge is 0.476 e. The summed E-state index contributed by atoms with van der Waals surface area (Å²) in [6, 6.07) is 4.31. The van der Waals surface area contributed by atoms with Crippen molar-refractivity contribution in [1.82, 2.24) is 19.6 Å². The minimum Gasteiger partial charge on any atom is -0.476 e. The Bertz CT molecular complexity index is 1430. The van der Waals surface area contributed by atoms with Gasteiger partial charge in [-0.3, -0.25) is 9.48 Å². The smallest absolute Gasteiger partial charge is 0.416 e. The van der Waals surface area contributed by atoms with Gasteiger partial charge in [-0.1, -0.05) is 29.8 Å². The molecule has 0 aliphatic carbocycles. The topological polar surface area (TPSA) is 102 Å².